The van der Waals surface area contributed by atoms with Crippen molar-refractivity contribution in [2.24, 2.45) is 0 Å². The molecule has 6 heteroatoms. The Bertz CT molecular complexity index is 920. The molecule has 1 unspecified atom stereocenters. The van der Waals surface area contributed by atoms with Crippen LogP contribution in [0.1, 0.15) is 27.0 Å². The van der Waals surface area contributed by atoms with Crippen molar-refractivity contribution in [1.29, 1.82) is 0 Å². The number of aryl methyl sites for hydroxylation is 3. The van der Waals surface area contributed by atoms with E-state index in [0.29, 0.717) is 5.56 Å². The Morgan fingerprint density at radius 3 is 2.54 bits per heavy atom. The molecular weight excluding hydrogens is 354 g/mol. The average molecular weight is 372 g/mol. The van der Waals surface area contributed by atoms with Gasteiger partial charge in [-0.05, 0) is 44.0 Å². The summed E-state index contributed by atoms with van der Waals surface area (Å²) in [5.41, 5.74) is 4.20. The van der Waals surface area contributed by atoms with Gasteiger partial charge in [0.15, 0.2) is 5.03 Å². The van der Waals surface area contributed by atoms with E-state index in [9.17, 15) is 9.59 Å². The highest BCUT2D eigenvalue weighted by atomic mass is 35.5. The molecule has 2 aromatic rings. The number of carbonyl (C=O) groups excluding carboxylic acids is 2. The zero-order valence-electron chi connectivity index (χ0n) is 14.6. The van der Waals surface area contributed by atoms with Gasteiger partial charge in [0.2, 0.25) is 0 Å². The molecule has 1 aliphatic heterocycles. The number of halogens is 1. The van der Waals surface area contributed by atoms with Crippen molar-refractivity contribution < 1.29 is 19.1 Å². The molecule has 0 radical (unpaired) electrons. The van der Waals surface area contributed by atoms with Gasteiger partial charge in [-0.1, -0.05) is 47.5 Å². The zero-order valence-corrected chi connectivity index (χ0v) is 15.4. The molecule has 0 spiro atoms. The summed E-state index contributed by atoms with van der Waals surface area (Å²) in [5, 5.41) is 2.93. The Balaban J connectivity index is 1.84. The van der Waals surface area contributed by atoms with E-state index in [4.69, 9.17) is 21.1 Å². The van der Waals surface area contributed by atoms with Crippen LogP contribution >= 0.6 is 11.6 Å². The number of benzene rings is 2. The van der Waals surface area contributed by atoms with Gasteiger partial charge >= 0.3 is 11.9 Å². The van der Waals surface area contributed by atoms with Crippen molar-refractivity contribution in [3.05, 3.63) is 75.4 Å². The van der Waals surface area contributed by atoms with Crippen molar-refractivity contribution in [2.45, 2.75) is 27.1 Å². The van der Waals surface area contributed by atoms with Gasteiger partial charge < -0.3 is 14.8 Å². The van der Waals surface area contributed by atoms with Crippen molar-refractivity contribution in [1.82, 2.24) is 0 Å². The third-order valence-corrected chi connectivity index (χ3v) is 4.45. The number of carbonyl (C=O) groups is 2. The summed E-state index contributed by atoms with van der Waals surface area (Å²) in [6.07, 6.45) is -1.22. The first-order valence-electron chi connectivity index (χ1n) is 8.08. The molecule has 0 aromatic heterocycles. The smallest absolute Gasteiger partial charge is 0.355 e. The Morgan fingerprint density at radius 1 is 1.12 bits per heavy atom. The molecule has 3 rings (SSSR count). The number of esters is 2. The number of nitrogens with one attached hydrogen (secondary N) is 1. The molecular formula is C20H18ClNO4. The molecule has 134 valence electrons. The van der Waals surface area contributed by atoms with Crippen LogP contribution in [0.2, 0.25) is 0 Å². The highest BCUT2D eigenvalue weighted by molar-refractivity contribution is 6.42. The fourth-order valence-corrected chi connectivity index (χ4v) is 2.86. The lowest BCUT2D eigenvalue weighted by molar-refractivity contribution is -0.152. The second-order valence-electron chi connectivity index (χ2n) is 6.13. The summed E-state index contributed by atoms with van der Waals surface area (Å²) in [4.78, 5) is 24.3. The minimum absolute atomic E-state index is 0.132. The third-order valence-electron chi connectivity index (χ3n) is 4.10. The van der Waals surface area contributed by atoms with Gasteiger partial charge in [-0.2, -0.15) is 0 Å². The van der Waals surface area contributed by atoms with Crippen LogP contribution < -0.4 is 5.32 Å². The number of anilines is 1. The van der Waals surface area contributed by atoms with Gasteiger partial charge in [-0.25, -0.2) is 9.59 Å². The molecule has 0 saturated heterocycles. The Kier molecular flexibility index (Phi) is 5.00. The molecule has 0 saturated carbocycles. The van der Waals surface area contributed by atoms with Gasteiger partial charge in [0.1, 0.15) is 5.70 Å². The monoisotopic (exact) mass is 371 g/mol. The van der Waals surface area contributed by atoms with Gasteiger partial charge in [-0.15, -0.1) is 0 Å². The Labute approximate surface area is 156 Å². The van der Waals surface area contributed by atoms with E-state index in [1.165, 1.54) is 0 Å². The van der Waals surface area contributed by atoms with Crippen LogP contribution in [-0.2, 0) is 14.3 Å². The minimum atomic E-state index is -1.22. The first kappa shape index (κ1) is 18.0. The average Bonchev–Trinajstić information content (AvgIpc) is 2.85. The summed E-state index contributed by atoms with van der Waals surface area (Å²) in [5.74, 6) is -1.33. The maximum absolute atomic E-state index is 12.4. The highest BCUT2D eigenvalue weighted by Gasteiger charge is 2.37. The van der Waals surface area contributed by atoms with Crippen LogP contribution in [0.15, 0.2) is 53.2 Å². The van der Waals surface area contributed by atoms with Crippen molar-refractivity contribution in [2.75, 3.05) is 5.32 Å². The largest absolute Gasteiger partial charge is 0.415 e. The minimum Gasteiger partial charge on any atom is -0.415 e. The molecule has 5 nitrogen and oxygen atoms in total. The van der Waals surface area contributed by atoms with Crippen LogP contribution in [-0.4, -0.2) is 18.2 Å². The lowest BCUT2D eigenvalue weighted by atomic mass is 10.1. The summed E-state index contributed by atoms with van der Waals surface area (Å²) >= 11 is 6.07. The molecule has 0 amide bonds. The fraction of sp³-hybridized carbons (Fsp3) is 0.200. The Morgan fingerprint density at radius 2 is 1.85 bits per heavy atom. The van der Waals surface area contributed by atoms with Gasteiger partial charge in [0.05, 0.1) is 5.56 Å². The van der Waals surface area contributed by atoms with E-state index in [0.717, 1.165) is 22.4 Å². The number of ether oxygens (including phenoxy) is 2. The standard InChI is InChI=1S/C20H18ClNO4/c1-11-8-9-15(13(3)10-11)22-17-16(21)19(24)26-20(17)25-18(23)14-7-5-4-6-12(14)2/h4-10,20,22H,1-3H3. The molecule has 1 N–H and O–H groups in total. The number of cyclic esters (lactones) is 1. The molecule has 26 heavy (non-hydrogen) atoms. The number of hydrogen-bond donors (Lipinski definition) is 1. The van der Waals surface area contributed by atoms with E-state index in [1.54, 1.807) is 25.1 Å². The van der Waals surface area contributed by atoms with Crippen molar-refractivity contribution in [3.8, 4) is 0 Å². The van der Waals surface area contributed by atoms with Crippen LogP contribution in [0.5, 0.6) is 0 Å². The SMILES string of the molecule is Cc1ccc(NC2=C(Cl)C(=O)OC2OC(=O)c2ccccc2C)c(C)c1. The van der Waals surface area contributed by atoms with Crippen molar-refractivity contribution in [3.63, 3.8) is 0 Å². The lowest BCUT2D eigenvalue weighted by Crippen LogP contribution is -2.24. The normalized spacial score (nSPS) is 16.5. The number of hydrogen-bond acceptors (Lipinski definition) is 5. The van der Waals surface area contributed by atoms with E-state index < -0.39 is 18.2 Å². The predicted octanol–water partition coefficient (Wildman–Crippen LogP) is 4.21. The quantitative estimate of drug-likeness (QED) is 0.815. The van der Waals surface area contributed by atoms with E-state index in [-0.39, 0.29) is 10.7 Å². The Hall–Kier alpha value is -2.79. The third kappa shape index (κ3) is 3.58. The predicted molar refractivity (Wildman–Crippen MR) is 98.9 cm³/mol. The second-order valence-corrected chi connectivity index (χ2v) is 6.51. The summed E-state index contributed by atoms with van der Waals surface area (Å²) in [6, 6.07) is 12.8. The van der Waals surface area contributed by atoms with Crippen LogP contribution in [0.25, 0.3) is 0 Å². The maximum Gasteiger partial charge on any atom is 0.355 e. The molecule has 0 bridgehead atoms. The van der Waals surface area contributed by atoms with E-state index in [1.807, 2.05) is 38.1 Å². The topological polar surface area (TPSA) is 64.6 Å². The van der Waals surface area contributed by atoms with Crippen LogP contribution in [0, 0.1) is 20.8 Å². The summed E-state index contributed by atoms with van der Waals surface area (Å²) < 4.78 is 10.5. The lowest BCUT2D eigenvalue weighted by Gasteiger charge is -2.18. The first-order chi connectivity index (χ1) is 12.4. The molecule has 2 aromatic carbocycles. The molecule has 1 aliphatic rings. The summed E-state index contributed by atoms with van der Waals surface area (Å²) in [7, 11) is 0. The second kappa shape index (κ2) is 7.22. The molecule has 1 atom stereocenters. The fourth-order valence-electron chi connectivity index (χ4n) is 2.68. The van der Waals surface area contributed by atoms with Gasteiger partial charge in [0.25, 0.3) is 6.29 Å². The van der Waals surface area contributed by atoms with Crippen LogP contribution in [0.3, 0.4) is 0 Å². The highest BCUT2D eigenvalue weighted by Crippen LogP contribution is 2.30. The van der Waals surface area contributed by atoms with Gasteiger partial charge in [-0.3, -0.25) is 0 Å². The molecule has 0 fully saturated rings. The van der Waals surface area contributed by atoms with Crippen LogP contribution in [0.4, 0.5) is 5.69 Å². The molecule has 1 heterocycles. The number of rotatable bonds is 4. The maximum atomic E-state index is 12.4. The molecule has 0 aliphatic carbocycles. The van der Waals surface area contributed by atoms with E-state index in [2.05, 4.69) is 5.32 Å². The van der Waals surface area contributed by atoms with Gasteiger partial charge in [0, 0.05) is 5.69 Å². The van der Waals surface area contributed by atoms with Crippen molar-refractivity contribution >= 4 is 29.2 Å². The van der Waals surface area contributed by atoms with E-state index >= 15 is 0 Å². The summed E-state index contributed by atoms with van der Waals surface area (Å²) in [6.45, 7) is 5.71. The first-order valence-corrected chi connectivity index (χ1v) is 8.46. The zero-order chi connectivity index (χ0) is 18.8.